The zero-order chi connectivity index (χ0) is 19.2. The van der Waals surface area contributed by atoms with Gasteiger partial charge in [-0.2, -0.15) is 0 Å². The second-order valence-corrected chi connectivity index (χ2v) is 9.85. The first kappa shape index (κ1) is 19.5. The maximum atomic E-state index is 11.2. The van der Waals surface area contributed by atoms with E-state index in [2.05, 4.69) is 20.8 Å². The number of fused-ring (bicyclic) bond motifs is 1. The van der Waals surface area contributed by atoms with Crippen LogP contribution < -0.4 is 9.47 Å². The molecule has 3 heteroatoms. The monoisotopic (exact) mass is 360 g/mol. The molecule has 1 aromatic carbocycles. The van der Waals surface area contributed by atoms with Gasteiger partial charge in [-0.1, -0.05) is 27.2 Å². The van der Waals surface area contributed by atoms with Gasteiger partial charge in [0.2, 0.25) is 0 Å². The predicted molar refractivity (Wildman–Crippen MR) is 106 cm³/mol. The molecule has 0 unspecified atom stereocenters. The fraction of sp³-hybridized carbons (Fsp3) is 0.739. The maximum absolute atomic E-state index is 11.2. The molecule has 0 spiro atoms. The Morgan fingerprint density at radius 1 is 1.04 bits per heavy atom. The number of ether oxygens (including phenoxy) is 2. The van der Waals surface area contributed by atoms with Crippen LogP contribution in [0.15, 0.2) is 18.2 Å². The number of aliphatic hydroxyl groups is 1. The molecule has 0 aromatic heterocycles. The van der Waals surface area contributed by atoms with Gasteiger partial charge in [0.15, 0.2) is 0 Å². The van der Waals surface area contributed by atoms with Crippen LogP contribution in [-0.4, -0.2) is 24.4 Å². The molecular weight excluding hydrogens is 324 g/mol. The van der Waals surface area contributed by atoms with Crippen molar-refractivity contribution in [1.82, 2.24) is 0 Å². The Labute approximate surface area is 159 Å². The molecular formula is C23H36O3. The van der Waals surface area contributed by atoms with Crippen LogP contribution in [0.5, 0.6) is 11.5 Å². The van der Waals surface area contributed by atoms with Gasteiger partial charge in [0.25, 0.3) is 0 Å². The Bertz CT molecular complexity index is 649. The molecule has 0 saturated heterocycles. The molecule has 0 aliphatic heterocycles. The quantitative estimate of drug-likeness (QED) is 0.784. The van der Waals surface area contributed by atoms with Crippen LogP contribution in [0.25, 0.3) is 0 Å². The molecule has 1 aromatic rings. The van der Waals surface area contributed by atoms with Crippen molar-refractivity contribution in [1.29, 1.82) is 0 Å². The Morgan fingerprint density at radius 3 is 2.42 bits per heavy atom. The average molecular weight is 361 g/mol. The van der Waals surface area contributed by atoms with Gasteiger partial charge in [-0.25, -0.2) is 0 Å². The highest BCUT2D eigenvalue weighted by molar-refractivity contribution is 5.37. The normalized spacial score (nSPS) is 36.3. The number of rotatable bonds is 4. The van der Waals surface area contributed by atoms with Gasteiger partial charge < -0.3 is 14.6 Å². The summed E-state index contributed by atoms with van der Waals surface area (Å²) in [4.78, 5) is 0. The number of benzene rings is 1. The lowest BCUT2D eigenvalue weighted by molar-refractivity contribution is -0.176. The summed E-state index contributed by atoms with van der Waals surface area (Å²) in [5, 5.41) is 11.2. The Morgan fingerprint density at radius 2 is 1.73 bits per heavy atom. The molecule has 2 aliphatic rings. The lowest BCUT2D eigenvalue weighted by Crippen LogP contribution is -2.59. The first-order valence-electron chi connectivity index (χ1n) is 10.1. The number of methoxy groups -OCH3 is 1. The molecule has 146 valence electrons. The number of hydrogen-bond acceptors (Lipinski definition) is 3. The summed E-state index contributed by atoms with van der Waals surface area (Å²) in [6, 6.07) is 5.99. The van der Waals surface area contributed by atoms with E-state index in [0.717, 1.165) is 29.9 Å². The predicted octanol–water partition coefficient (Wildman–Crippen LogP) is 5.38. The smallest absolute Gasteiger partial charge is 0.123 e. The van der Waals surface area contributed by atoms with E-state index in [1.165, 1.54) is 19.3 Å². The molecule has 1 N–H and O–H groups in total. The fourth-order valence-corrected chi connectivity index (χ4v) is 6.09. The van der Waals surface area contributed by atoms with Crippen molar-refractivity contribution in [3.63, 3.8) is 0 Å². The molecule has 3 nitrogen and oxygen atoms in total. The third-order valence-electron chi connectivity index (χ3n) is 7.44. The average Bonchev–Trinajstić information content (AvgIpc) is 2.52. The van der Waals surface area contributed by atoms with Crippen molar-refractivity contribution in [2.45, 2.75) is 72.3 Å². The SMILES string of the molecule is COc1cc(C)cc(OC[C@@H]2[C@@]3(C)CCCC(C)(C)[C@@H]3CC[C@@]2(C)O)c1. The van der Waals surface area contributed by atoms with E-state index in [9.17, 15) is 5.11 Å². The van der Waals surface area contributed by atoms with E-state index in [-0.39, 0.29) is 11.3 Å². The molecule has 2 fully saturated rings. The van der Waals surface area contributed by atoms with Crippen molar-refractivity contribution in [2.75, 3.05) is 13.7 Å². The van der Waals surface area contributed by atoms with Crippen LogP contribution in [0.4, 0.5) is 0 Å². The van der Waals surface area contributed by atoms with Gasteiger partial charge in [0.1, 0.15) is 11.5 Å². The lowest BCUT2D eigenvalue weighted by Gasteiger charge is -2.60. The molecule has 0 bridgehead atoms. The van der Waals surface area contributed by atoms with Crippen LogP contribution in [0.2, 0.25) is 0 Å². The summed E-state index contributed by atoms with van der Waals surface area (Å²) in [7, 11) is 1.68. The van der Waals surface area contributed by atoms with Crippen molar-refractivity contribution >= 4 is 0 Å². The number of hydrogen-bond donors (Lipinski definition) is 1. The van der Waals surface area contributed by atoms with Crippen molar-refractivity contribution < 1.29 is 14.6 Å². The zero-order valence-corrected chi connectivity index (χ0v) is 17.4. The summed E-state index contributed by atoms with van der Waals surface area (Å²) in [6.45, 7) is 11.9. The van der Waals surface area contributed by atoms with Crippen molar-refractivity contribution in [2.24, 2.45) is 22.7 Å². The van der Waals surface area contributed by atoms with E-state index in [1.807, 2.05) is 32.0 Å². The third-order valence-corrected chi connectivity index (χ3v) is 7.44. The van der Waals surface area contributed by atoms with Crippen LogP contribution in [-0.2, 0) is 0 Å². The lowest BCUT2D eigenvalue weighted by atomic mass is 9.46. The molecule has 26 heavy (non-hydrogen) atoms. The van der Waals surface area contributed by atoms with E-state index < -0.39 is 5.60 Å². The first-order chi connectivity index (χ1) is 12.1. The molecule has 0 radical (unpaired) electrons. The largest absolute Gasteiger partial charge is 0.497 e. The maximum Gasteiger partial charge on any atom is 0.123 e. The van der Waals surface area contributed by atoms with Gasteiger partial charge in [0.05, 0.1) is 19.3 Å². The van der Waals surface area contributed by atoms with Crippen LogP contribution in [0.1, 0.15) is 65.4 Å². The summed E-state index contributed by atoms with van der Waals surface area (Å²) >= 11 is 0. The van der Waals surface area contributed by atoms with Crippen LogP contribution >= 0.6 is 0 Å². The minimum Gasteiger partial charge on any atom is -0.497 e. The number of aryl methyl sites for hydroxylation is 1. The standard InChI is InChI=1S/C23H36O3/c1-16-12-17(25-6)14-18(13-16)26-15-20-22(4)10-7-9-21(2,3)19(22)8-11-23(20,5)24/h12-14,19-20,24H,7-11,15H2,1-6H3/t19-,20+,22-,23+/m0/s1. The Balaban J connectivity index is 1.85. The van der Waals surface area contributed by atoms with Crippen LogP contribution in [0.3, 0.4) is 0 Å². The highest BCUT2D eigenvalue weighted by Gasteiger charge is 2.58. The highest BCUT2D eigenvalue weighted by Crippen LogP contribution is 2.61. The summed E-state index contributed by atoms with van der Waals surface area (Å²) in [5.74, 6) is 2.43. The minimum absolute atomic E-state index is 0.122. The van der Waals surface area contributed by atoms with E-state index in [0.29, 0.717) is 17.9 Å². The first-order valence-corrected chi connectivity index (χ1v) is 10.1. The Hall–Kier alpha value is -1.22. The Kier molecular flexibility index (Phi) is 5.07. The van der Waals surface area contributed by atoms with E-state index >= 15 is 0 Å². The van der Waals surface area contributed by atoms with Crippen LogP contribution in [0, 0.1) is 29.6 Å². The molecule has 2 aliphatic carbocycles. The van der Waals surface area contributed by atoms with Gasteiger partial charge >= 0.3 is 0 Å². The second kappa shape index (κ2) is 6.74. The minimum atomic E-state index is -0.674. The zero-order valence-electron chi connectivity index (χ0n) is 17.4. The molecule has 4 atom stereocenters. The molecule has 0 amide bonds. The summed E-state index contributed by atoms with van der Waals surface area (Å²) in [5.41, 5.74) is 0.913. The van der Waals surface area contributed by atoms with Gasteiger partial charge in [-0.15, -0.1) is 0 Å². The highest BCUT2D eigenvalue weighted by atomic mass is 16.5. The van der Waals surface area contributed by atoms with Crippen molar-refractivity contribution in [3.05, 3.63) is 23.8 Å². The van der Waals surface area contributed by atoms with E-state index in [1.54, 1.807) is 7.11 Å². The van der Waals surface area contributed by atoms with Gasteiger partial charge in [-0.05, 0) is 74.0 Å². The second-order valence-electron chi connectivity index (χ2n) is 9.85. The van der Waals surface area contributed by atoms with E-state index in [4.69, 9.17) is 9.47 Å². The van der Waals surface area contributed by atoms with Gasteiger partial charge in [-0.3, -0.25) is 0 Å². The van der Waals surface area contributed by atoms with Crippen molar-refractivity contribution in [3.8, 4) is 11.5 Å². The molecule has 3 rings (SSSR count). The fourth-order valence-electron chi connectivity index (χ4n) is 6.09. The topological polar surface area (TPSA) is 38.7 Å². The third kappa shape index (κ3) is 3.47. The summed E-state index contributed by atoms with van der Waals surface area (Å²) < 4.78 is 11.6. The molecule has 2 saturated carbocycles. The summed E-state index contributed by atoms with van der Waals surface area (Å²) in [6.07, 6.45) is 5.69. The molecule has 0 heterocycles. The van der Waals surface area contributed by atoms with Gasteiger partial charge in [0, 0.05) is 12.0 Å².